The summed E-state index contributed by atoms with van der Waals surface area (Å²) in [7, 11) is 0. The monoisotopic (exact) mass is 179 g/mol. The first-order valence-corrected chi connectivity index (χ1v) is 4.38. The van der Waals surface area contributed by atoms with Crippen LogP contribution in [0.2, 0.25) is 0 Å². The maximum Gasteiger partial charge on any atom is 0.209 e. The molecule has 0 fully saturated rings. The average molecular weight is 179 g/mol. The van der Waals surface area contributed by atoms with Gasteiger partial charge in [-0.3, -0.25) is 4.99 Å². The first-order chi connectivity index (χ1) is 6.09. The SMILES string of the molecule is CC1=CC2=C(C)N=C(C)C2C(O)O1. The molecule has 0 spiro atoms. The van der Waals surface area contributed by atoms with Gasteiger partial charge in [-0.05, 0) is 32.4 Å². The van der Waals surface area contributed by atoms with E-state index in [4.69, 9.17) is 4.74 Å². The molecule has 1 N–H and O–H groups in total. The second kappa shape index (κ2) is 2.70. The summed E-state index contributed by atoms with van der Waals surface area (Å²) >= 11 is 0. The number of allylic oxidation sites excluding steroid dienone is 3. The van der Waals surface area contributed by atoms with E-state index in [0.717, 1.165) is 22.7 Å². The lowest BCUT2D eigenvalue weighted by molar-refractivity contribution is -0.0834. The summed E-state index contributed by atoms with van der Waals surface area (Å²) in [6, 6.07) is 0. The van der Waals surface area contributed by atoms with Crippen LogP contribution in [0.15, 0.2) is 28.1 Å². The molecule has 2 heterocycles. The molecule has 2 atom stereocenters. The van der Waals surface area contributed by atoms with Crippen LogP contribution >= 0.6 is 0 Å². The van der Waals surface area contributed by atoms with Crippen LogP contribution < -0.4 is 0 Å². The first kappa shape index (κ1) is 8.51. The number of rotatable bonds is 0. The minimum absolute atomic E-state index is 0.0521. The zero-order valence-electron chi connectivity index (χ0n) is 8.03. The fourth-order valence-corrected chi connectivity index (χ4v) is 1.91. The highest BCUT2D eigenvalue weighted by Gasteiger charge is 2.35. The molecule has 3 heteroatoms. The highest BCUT2D eigenvalue weighted by molar-refractivity contribution is 5.91. The molecule has 3 nitrogen and oxygen atoms in total. The fraction of sp³-hybridized carbons (Fsp3) is 0.500. The molecule has 2 aliphatic heterocycles. The van der Waals surface area contributed by atoms with Crippen molar-refractivity contribution in [2.24, 2.45) is 10.9 Å². The van der Waals surface area contributed by atoms with E-state index in [0.29, 0.717) is 0 Å². The summed E-state index contributed by atoms with van der Waals surface area (Å²) in [6.45, 7) is 5.72. The van der Waals surface area contributed by atoms with Crippen molar-refractivity contribution in [2.75, 3.05) is 0 Å². The minimum Gasteiger partial charge on any atom is -0.469 e. The fourth-order valence-electron chi connectivity index (χ4n) is 1.91. The number of fused-ring (bicyclic) bond motifs is 1. The summed E-state index contributed by atoms with van der Waals surface area (Å²) in [6.07, 6.45) is 1.19. The van der Waals surface area contributed by atoms with Crippen molar-refractivity contribution in [2.45, 2.75) is 27.1 Å². The number of ether oxygens (including phenoxy) is 1. The molecule has 0 saturated heterocycles. The summed E-state index contributed by atoms with van der Waals surface area (Å²) in [5.41, 5.74) is 3.02. The predicted molar refractivity (Wildman–Crippen MR) is 50.1 cm³/mol. The van der Waals surface area contributed by atoms with Gasteiger partial charge in [0.05, 0.1) is 11.7 Å². The van der Waals surface area contributed by atoms with Gasteiger partial charge in [0.2, 0.25) is 6.29 Å². The largest absolute Gasteiger partial charge is 0.469 e. The smallest absolute Gasteiger partial charge is 0.209 e. The summed E-state index contributed by atoms with van der Waals surface area (Å²) in [4.78, 5) is 4.33. The minimum atomic E-state index is -0.763. The van der Waals surface area contributed by atoms with Crippen molar-refractivity contribution in [1.82, 2.24) is 0 Å². The second-order valence-corrected chi connectivity index (χ2v) is 3.54. The summed E-state index contributed by atoms with van der Waals surface area (Å²) < 4.78 is 5.22. The Balaban J connectivity index is 2.46. The van der Waals surface area contributed by atoms with E-state index >= 15 is 0 Å². The molecule has 2 unspecified atom stereocenters. The molecule has 2 aliphatic rings. The van der Waals surface area contributed by atoms with Gasteiger partial charge in [0.25, 0.3) is 0 Å². The van der Waals surface area contributed by atoms with E-state index in [1.54, 1.807) is 0 Å². The Hall–Kier alpha value is -1.09. The van der Waals surface area contributed by atoms with Crippen molar-refractivity contribution in [1.29, 1.82) is 0 Å². The molecule has 0 bridgehead atoms. The Morgan fingerprint density at radius 3 is 2.77 bits per heavy atom. The van der Waals surface area contributed by atoms with Crippen LogP contribution in [0.3, 0.4) is 0 Å². The molecule has 0 aliphatic carbocycles. The molecule has 70 valence electrons. The number of aliphatic hydroxyl groups is 1. The van der Waals surface area contributed by atoms with Crippen molar-refractivity contribution < 1.29 is 9.84 Å². The van der Waals surface area contributed by atoms with Gasteiger partial charge >= 0.3 is 0 Å². The van der Waals surface area contributed by atoms with Gasteiger partial charge in [0, 0.05) is 11.4 Å². The van der Waals surface area contributed by atoms with Crippen LogP contribution in [0, 0.1) is 5.92 Å². The van der Waals surface area contributed by atoms with E-state index in [1.807, 2.05) is 26.8 Å². The molecule has 0 saturated carbocycles. The van der Waals surface area contributed by atoms with Gasteiger partial charge in [0.1, 0.15) is 0 Å². The van der Waals surface area contributed by atoms with Gasteiger partial charge in [-0.2, -0.15) is 0 Å². The Morgan fingerprint density at radius 2 is 2.08 bits per heavy atom. The van der Waals surface area contributed by atoms with Crippen LogP contribution in [0.25, 0.3) is 0 Å². The van der Waals surface area contributed by atoms with Crippen molar-refractivity contribution in [3.8, 4) is 0 Å². The topological polar surface area (TPSA) is 41.8 Å². The lowest BCUT2D eigenvalue weighted by atomic mass is 9.93. The van der Waals surface area contributed by atoms with E-state index in [1.165, 1.54) is 0 Å². The van der Waals surface area contributed by atoms with Gasteiger partial charge in [-0.1, -0.05) is 0 Å². The maximum atomic E-state index is 9.66. The highest BCUT2D eigenvalue weighted by Crippen LogP contribution is 2.34. The molecule has 0 amide bonds. The van der Waals surface area contributed by atoms with Crippen molar-refractivity contribution >= 4 is 5.71 Å². The zero-order valence-corrected chi connectivity index (χ0v) is 8.03. The molecule has 13 heavy (non-hydrogen) atoms. The Kier molecular flexibility index (Phi) is 1.77. The number of aliphatic hydroxyl groups excluding tert-OH is 1. The van der Waals surface area contributed by atoms with Gasteiger partial charge in [-0.25, -0.2) is 0 Å². The quantitative estimate of drug-likeness (QED) is 0.613. The molecule has 0 aromatic rings. The van der Waals surface area contributed by atoms with E-state index < -0.39 is 6.29 Å². The second-order valence-electron chi connectivity index (χ2n) is 3.54. The number of aliphatic imine (C=N–C) groups is 1. The molecular formula is C10H13NO2. The lowest BCUT2D eigenvalue weighted by Crippen LogP contribution is -2.31. The van der Waals surface area contributed by atoms with Gasteiger partial charge in [-0.15, -0.1) is 0 Å². The summed E-state index contributed by atoms with van der Waals surface area (Å²) in [5, 5.41) is 9.66. The molecule has 0 aromatic heterocycles. The number of hydrogen-bond donors (Lipinski definition) is 1. The van der Waals surface area contributed by atoms with Crippen LogP contribution in [0.1, 0.15) is 20.8 Å². The Bertz CT molecular complexity index is 339. The van der Waals surface area contributed by atoms with Crippen molar-refractivity contribution in [3.05, 3.63) is 23.1 Å². The van der Waals surface area contributed by atoms with Crippen LogP contribution in [-0.4, -0.2) is 17.1 Å². The van der Waals surface area contributed by atoms with Gasteiger partial charge in [0.15, 0.2) is 0 Å². The van der Waals surface area contributed by atoms with E-state index in [2.05, 4.69) is 4.99 Å². The van der Waals surface area contributed by atoms with E-state index in [-0.39, 0.29) is 5.92 Å². The van der Waals surface area contributed by atoms with Gasteiger partial charge < -0.3 is 9.84 Å². The average Bonchev–Trinajstić information content (AvgIpc) is 2.27. The number of nitrogens with zero attached hydrogens (tertiary/aromatic N) is 1. The highest BCUT2D eigenvalue weighted by atomic mass is 16.6. The number of hydrogen-bond acceptors (Lipinski definition) is 3. The van der Waals surface area contributed by atoms with Crippen molar-refractivity contribution in [3.63, 3.8) is 0 Å². The normalized spacial score (nSPS) is 32.3. The predicted octanol–water partition coefficient (Wildman–Crippen LogP) is 1.60. The third-order valence-electron chi connectivity index (χ3n) is 2.50. The van der Waals surface area contributed by atoms with Crippen LogP contribution in [0.4, 0.5) is 0 Å². The standard InChI is InChI=1S/C10H13NO2/c1-5-4-8-6(2)11-7(3)9(8)10(12)13-5/h4,9-10,12H,1-3H3. The van der Waals surface area contributed by atoms with Crippen LogP contribution in [0.5, 0.6) is 0 Å². The Morgan fingerprint density at radius 1 is 1.38 bits per heavy atom. The molecule has 0 aromatic carbocycles. The zero-order chi connectivity index (χ0) is 9.59. The lowest BCUT2D eigenvalue weighted by Gasteiger charge is -2.26. The molecule has 2 rings (SSSR count). The third kappa shape index (κ3) is 1.20. The molecule has 0 radical (unpaired) electrons. The third-order valence-corrected chi connectivity index (χ3v) is 2.50. The Labute approximate surface area is 77.4 Å². The summed E-state index contributed by atoms with van der Waals surface area (Å²) in [5.74, 6) is 0.701. The molecular weight excluding hydrogens is 166 g/mol. The first-order valence-electron chi connectivity index (χ1n) is 4.38. The van der Waals surface area contributed by atoms with Crippen LogP contribution in [-0.2, 0) is 4.74 Å². The maximum absolute atomic E-state index is 9.66. The van der Waals surface area contributed by atoms with E-state index in [9.17, 15) is 5.11 Å².